The van der Waals surface area contributed by atoms with E-state index in [0.717, 1.165) is 60.3 Å². The number of aromatic nitrogens is 3. The molecule has 2 aromatic carbocycles. The maximum absolute atomic E-state index is 13.4. The number of hydrogen-bond donors (Lipinski definition) is 1. The normalized spacial score (nSPS) is 16.4. The summed E-state index contributed by atoms with van der Waals surface area (Å²) in [5.41, 5.74) is 1.94. The van der Waals surface area contributed by atoms with Gasteiger partial charge in [0.25, 0.3) is 10.0 Å². The van der Waals surface area contributed by atoms with Gasteiger partial charge in [0.05, 0.1) is 17.5 Å². The summed E-state index contributed by atoms with van der Waals surface area (Å²) in [5.74, 6) is 0.378. The molecular formula is C32H35FN6O5S. The molecule has 2 aliphatic heterocycles. The van der Waals surface area contributed by atoms with Crippen LogP contribution >= 0.6 is 0 Å². The Kier molecular flexibility index (Phi) is 7.76. The van der Waals surface area contributed by atoms with Crippen LogP contribution in [0, 0.1) is 11.2 Å². The fourth-order valence-corrected chi connectivity index (χ4v) is 6.91. The topological polar surface area (TPSA) is 127 Å². The number of carbonyl (C=O) groups excluding carboxylic acids is 1. The van der Waals surface area contributed by atoms with Crippen LogP contribution in [-0.2, 0) is 14.8 Å². The summed E-state index contributed by atoms with van der Waals surface area (Å²) in [7, 11) is -2.63. The van der Waals surface area contributed by atoms with Gasteiger partial charge >= 0.3 is 6.09 Å². The van der Waals surface area contributed by atoms with Crippen LogP contribution in [0.3, 0.4) is 0 Å². The summed E-state index contributed by atoms with van der Waals surface area (Å²) in [6, 6.07) is 12.0. The van der Waals surface area contributed by atoms with Gasteiger partial charge in [0.2, 0.25) is 5.88 Å². The Balaban J connectivity index is 1.22. The van der Waals surface area contributed by atoms with Crippen molar-refractivity contribution in [2.24, 2.45) is 5.41 Å². The minimum Gasteiger partial charge on any atom is -0.480 e. The van der Waals surface area contributed by atoms with Gasteiger partial charge in [0, 0.05) is 48.7 Å². The summed E-state index contributed by atoms with van der Waals surface area (Å²) < 4.78 is 52.8. The minimum absolute atomic E-state index is 0.0911. The SMILES string of the molecule is COc1ncc(-c2ccc3ncnc(N4CCC5(CC4)CN(C(=O)OC(C)(C)C)C5)c3c2)cc1NS(=O)(=O)c1ccc(F)cc1. The molecule has 2 fully saturated rings. The van der Waals surface area contributed by atoms with Gasteiger partial charge in [-0.25, -0.2) is 32.6 Å². The number of amides is 1. The maximum atomic E-state index is 13.4. The molecule has 4 heterocycles. The van der Waals surface area contributed by atoms with Gasteiger partial charge < -0.3 is 19.3 Å². The highest BCUT2D eigenvalue weighted by Crippen LogP contribution is 2.42. The number of benzene rings is 2. The largest absolute Gasteiger partial charge is 0.480 e. The van der Waals surface area contributed by atoms with E-state index < -0.39 is 21.4 Å². The first-order valence-electron chi connectivity index (χ1n) is 14.7. The van der Waals surface area contributed by atoms with Crippen molar-refractivity contribution in [1.29, 1.82) is 0 Å². The molecule has 0 radical (unpaired) electrons. The van der Waals surface area contributed by atoms with E-state index in [2.05, 4.69) is 24.6 Å². The highest BCUT2D eigenvalue weighted by Gasteiger charge is 2.48. The van der Waals surface area contributed by atoms with Crippen molar-refractivity contribution in [2.75, 3.05) is 42.9 Å². The number of likely N-dealkylation sites (tertiary alicyclic amines) is 1. The number of sulfonamides is 1. The average molecular weight is 635 g/mol. The van der Waals surface area contributed by atoms with E-state index >= 15 is 0 Å². The van der Waals surface area contributed by atoms with Crippen LogP contribution in [-0.4, -0.2) is 73.3 Å². The van der Waals surface area contributed by atoms with Crippen molar-refractivity contribution in [3.05, 3.63) is 66.9 Å². The number of methoxy groups -OCH3 is 1. The highest BCUT2D eigenvalue weighted by atomic mass is 32.2. The first kappa shape index (κ1) is 30.5. The molecule has 2 saturated heterocycles. The van der Waals surface area contributed by atoms with E-state index in [1.165, 1.54) is 19.2 Å². The molecule has 1 amide bonds. The molecule has 6 rings (SSSR count). The second-order valence-corrected chi connectivity index (χ2v) is 14.3. The van der Waals surface area contributed by atoms with Gasteiger partial charge in [-0.05, 0) is 81.6 Å². The van der Waals surface area contributed by atoms with Crippen molar-refractivity contribution in [1.82, 2.24) is 19.9 Å². The summed E-state index contributed by atoms with van der Waals surface area (Å²) in [6.45, 7) is 8.59. The zero-order valence-corrected chi connectivity index (χ0v) is 26.4. The molecule has 0 aliphatic carbocycles. The van der Waals surface area contributed by atoms with Crippen molar-refractivity contribution < 1.29 is 27.1 Å². The van der Waals surface area contributed by atoms with Crippen LogP contribution < -0.4 is 14.4 Å². The highest BCUT2D eigenvalue weighted by molar-refractivity contribution is 7.92. The summed E-state index contributed by atoms with van der Waals surface area (Å²) >= 11 is 0. The molecule has 236 valence electrons. The van der Waals surface area contributed by atoms with Crippen LogP contribution in [0.15, 0.2) is 66.0 Å². The van der Waals surface area contributed by atoms with E-state index in [1.807, 2.05) is 39.0 Å². The summed E-state index contributed by atoms with van der Waals surface area (Å²) in [4.78, 5) is 29.9. The lowest BCUT2D eigenvalue weighted by atomic mass is 9.72. The maximum Gasteiger partial charge on any atom is 0.410 e. The average Bonchev–Trinajstić information content (AvgIpc) is 2.98. The van der Waals surface area contributed by atoms with Gasteiger partial charge in [0.15, 0.2) is 0 Å². The number of nitrogens with one attached hydrogen (secondary N) is 1. The Labute approximate surface area is 261 Å². The number of ether oxygens (including phenoxy) is 2. The number of pyridine rings is 1. The van der Waals surface area contributed by atoms with Gasteiger partial charge in [-0.1, -0.05) is 6.07 Å². The molecule has 2 aromatic heterocycles. The quantitative estimate of drug-likeness (QED) is 0.293. The number of piperidine rings is 1. The predicted molar refractivity (Wildman–Crippen MR) is 168 cm³/mol. The molecule has 0 unspecified atom stereocenters. The first-order chi connectivity index (χ1) is 21.3. The van der Waals surface area contributed by atoms with Crippen LogP contribution in [0.2, 0.25) is 0 Å². The number of hydrogen-bond acceptors (Lipinski definition) is 9. The first-order valence-corrected chi connectivity index (χ1v) is 16.1. The Morgan fingerprint density at radius 2 is 1.69 bits per heavy atom. The van der Waals surface area contributed by atoms with Crippen molar-refractivity contribution in [2.45, 2.75) is 44.1 Å². The fourth-order valence-electron chi connectivity index (χ4n) is 5.87. The molecule has 1 spiro atoms. The zero-order valence-electron chi connectivity index (χ0n) is 25.6. The molecule has 1 N–H and O–H groups in total. The lowest BCUT2D eigenvalue weighted by molar-refractivity contribution is -0.0434. The zero-order chi connectivity index (χ0) is 32.0. The van der Waals surface area contributed by atoms with Crippen molar-refractivity contribution >= 4 is 38.5 Å². The number of halogens is 1. The lowest BCUT2D eigenvalue weighted by Gasteiger charge is -2.53. The standard InChI is InChI=1S/C32H35FN6O5S/c1-31(2,3)44-30(40)39-18-32(19-39)11-13-38(14-12-32)28-25-15-21(5-10-26(25)35-20-36-28)22-16-27(29(43-4)34-17-22)37-45(41,42)24-8-6-23(33)7-9-24/h5-10,15-17,20,37H,11-14,18-19H2,1-4H3. The Morgan fingerprint density at radius 1 is 0.978 bits per heavy atom. The van der Waals surface area contributed by atoms with E-state index in [1.54, 1.807) is 23.5 Å². The Hall–Kier alpha value is -4.52. The van der Waals surface area contributed by atoms with Gasteiger partial charge in [0.1, 0.15) is 29.3 Å². The van der Waals surface area contributed by atoms with Crippen LogP contribution in [0.1, 0.15) is 33.6 Å². The summed E-state index contributed by atoms with van der Waals surface area (Å²) in [6.07, 6.45) is 4.77. The number of carbonyl (C=O) groups is 1. The van der Waals surface area contributed by atoms with Gasteiger partial charge in [-0.15, -0.1) is 0 Å². The van der Waals surface area contributed by atoms with Gasteiger partial charge in [-0.2, -0.15) is 0 Å². The van der Waals surface area contributed by atoms with E-state index in [0.29, 0.717) is 18.7 Å². The number of anilines is 2. The van der Waals surface area contributed by atoms with Crippen molar-refractivity contribution in [3.8, 4) is 17.0 Å². The monoisotopic (exact) mass is 634 g/mol. The third-order valence-corrected chi connectivity index (χ3v) is 9.57. The molecule has 0 bridgehead atoms. The van der Waals surface area contributed by atoms with Crippen molar-refractivity contribution in [3.63, 3.8) is 0 Å². The van der Waals surface area contributed by atoms with Crippen LogP contribution in [0.25, 0.3) is 22.0 Å². The smallest absolute Gasteiger partial charge is 0.410 e. The molecule has 11 nitrogen and oxygen atoms in total. The molecule has 45 heavy (non-hydrogen) atoms. The molecule has 0 atom stereocenters. The van der Waals surface area contributed by atoms with E-state index in [9.17, 15) is 17.6 Å². The van der Waals surface area contributed by atoms with E-state index in [4.69, 9.17) is 9.47 Å². The molecule has 13 heteroatoms. The van der Waals surface area contributed by atoms with Gasteiger partial charge in [-0.3, -0.25) is 4.72 Å². The summed E-state index contributed by atoms with van der Waals surface area (Å²) in [5, 5.41) is 0.860. The number of fused-ring (bicyclic) bond motifs is 1. The molecule has 2 aliphatic rings. The third kappa shape index (κ3) is 6.35. The minimum atomic E-state index is -4.03. The lowest BCUT2D eigenvalue weighted by Crippen LogP contribution is -2.62. The second kappa shape index (κ2) is 11.4. The number of rotatable bonds is 6. The molecule has 4 aromatic rings. The third-order valence-electron chi connectivity index (χ3n) is 8.19. The van der Waals surface area contributed by atoms with E-state index in [-0.39, 0.29) is 28.0 Å². The predicted octanol–water partition coefficient (Wildman–Crippen LogP) is 5.48. The number of nitrogens with zero attached hydrogens (tertiary/aromatic N) is 5. The fraction of sp³-hybridized carbons (Fsp3) is 0.375. The molecular weight excluding hydrogens is 599 g/mol. The Bertz CT molecular complexity index is 1850. The van der Waals surface area contributed by atoms with Crippen LogP contribution in [0.5, 0.6) is 5.88 Å². The van der Waals surface area contributed by atoms with Crippen LogP contribution in [0.4, 0.5) is 20.7 Å². The second-order valence-electron chi connectivity index (χ2n) is 12.6. The molecule has 0 saturated carbocycles. The Morgan fingerprint density at radius 3 is 2.36 bits per heavy atom.